The zero-order valence-electron chi connectivity index (χ0n) is 10.5. The van der Waals surface area contributed by atoms with Crippen molar-refractivity contribution in [1.29, 1.82) is 0 Å². The summed E-state index contributed by atoms with van der Waals surface area (Å²) in [4.78, 5) is 4.24. The van der Waals surface area contributed by atoms with Crippen LogP contribution in [0.2, 0.25) is 0 Å². The number of aromatic nitrogens is 1. The highest BCUT2D eigenvalue weighted by Crippen LogP contribution is 2.25. The molecule has 0 amide bonds. The molecule has 0 bridgehead atoms. The molecule has 1 N–H and O–H groups in total. The van der Waals surface area contributed by atoms with Gasteiger partial charge in [0.05, 0.1) is 31.1 Å². The van der Waals surface area contributed by atoms with Gasteiger partial charge in [-0.15, -0.1) is 0 Å². The first-order valence-electron chi connectivity index (χ1n) is 6.78. The van der Waals surface area contributed by atoms with Crippen LogP contribution in [0.1, 0.15) is 25.0 Å². The molecule has 2 aliphatic rings. The van der Waals surface area contributed by atoms with Gasteiger partial charge in [-0.25, -0.2) is 0 Å². The number of fused-ring (bicyclic) bond motifs is 1. The van der Waals surface area contributed by atoms with E-state index in [0.29, 0.717) is 25.4 Å². The lowest BCUT2D eigenvalue weighted by Gasteiger charge is -2.32. The fourth-order valence-electron chi connectivity index (χ4n) is 2.78. The topological polar surface area (TPSA) is 43.4 Å². The van der Waals surface area contributed by atoms with Gasteiger partial charge in [0.15, 0.2) is 0 Å². The fourth-order valence-corrected chi connectivity index (χ4v) is 2.78. The monoisotopic (exact) mass is 248 g/mol. The second-order valence-electron chi connectivity index (χ2n) is 5.06. The molecule has 3 atom stereocenters. The quantitative estimate of drug-likeness (QED) is 0.877. The van der Waals surface area contributed by atoms with Crippen LogP contribution in [-0.2, 0) is 16.1 Å². The zero-order chi connectivity index (χ0) is 12.2. The molecular weight excluding hydrogens is 228 g/mol. The zero-order valence-corrected chi connectivity index (χ0v) is 10.5. The van der Waals surface area contributed by atoms with Crippen molar-refractivity contribution < 1.29 is 9.47 Å². The van der Waals surface area contributed by atoms with E-state index < -0.39 is 0 Å². The molecule has 0 saturated carbocycles. The molecule has 4 heteroatoms. The van der Waals surface area contributed by atoms with Crippen LogP contribution in [0.4, 0.5) is 0 Å². The van der Waals surface area contributed by atoms with Gasteiger partial charge in [-0.3, -0.25) is 4.98 Å². The molecule has 0 radical (unpaired) electrons. The first kappa shape index (κ1) is 12.1. The molecule has 1 aromatic heterocycles. The molecule has 2 saturated heterocycles. The minimum absolute atomic E-state index is 0.259. The lowest BCUT2D eigenvalue weighted by atomic mass is 10.0. The minimum atomic E-state index is 0.259. The van der Waals surface area contributed by atoms with Crippen LogP contribution in [-0.4, -0.2) is 36.4 Å². The van der Waals surface area contributed by atoms with E-state index in [-0.39, 0.29) is 6.10 Å². The number of pyridine rings is 1. The van der Waals surface area contributed by atoms with Crippen molar-refractivity contribution in [2.45, 2.75) is 44.1 Å². The smallest absolute Gasteiger partial charge is 0.0889 e. The van der Waals surface area contributed by atoms with Crippen molar-refractivity contribution >= 4 is 0 Å². The predicted molar refractivity (Wildman–Crippen MR) is 68.2 cm³/mol. The summed E-state index contributed by atoms with van der Waals surface area (Å²) in [6.07, 6.45) is 5.90. The van der Waals surface area contributed by atoms with Crippen molar-refractivity contribution in [1.82, 2.24) is 10.3 Å². The normalized spacial score (nSPS) is 31.2. The predicted octanol–water partition coefficient (Wildman–Crippen LogP) is 1.51. The van der Waals surface area contributed by atoms with Gasteiger partial charge in [0, 0.05) is 12.2 Å². The van der Waals surface area contributed by atoms with E-state index in [1.165, 1.54) is 6.42 Å². The SMILES string of the molecule is c1ccc(COC[C@H]2CC[C@H]3NCC[C@H]3O2)nc1. The van der Waals surface area contributed by atoms with E-state index >= 15 is 0 Å². The van der Waals surface area contributed by atoms with Gasteiger partial charge in [-0.1, -0.05) is 6.07 Å². The third-order valence-electron chi connectivity index (χ3n) is 3.73. The first-order chi connectivity index (χ1) is 8.92. The molecule has 0 spiro atoms. The highest BCUT2D eigenvalue weighted by Gasteiger charge is 2.34. The largest absolute Gasteiger partial charge is 0.372 e. The van der Waals surface area contributed by atoms with Crippen LogP contribution in [0.15, 0.2) is 24.4 Å². The third kappa shape index (κ3) is 2.88. The Morgan fingerprint density at radius 1 is 1.33 bits per heavy atom. The molecule has 0 aliphatic carbocycles. The lowest BCUT2D eigenvalue weighted by Crippen LogP contribution is -2.41. The molecule has 3 heterocycles. The highest BCUT2D eigenvalue weighted by atomic mass is 16.5. The molecule has 18 heavy (non-hydrogen) atoms. The van der Waals surface area contributed by atoms with E-state index in [9.17, 15) is 0 Å². The summed E-state index contributed by atoms with van der Waals surface area (Å²) in [6, 6.07) is 6.47. The molecule has 3 rings (SSSR count). The number of hydrogen-bond acceptors (Lipinski definition) is 4. The number of nitrogens with zero attached hydrogens (tertiary/aromatic N) is 1. The number of rotatable bonds is 4. The van der Waals surface area contributed by atoms with Gasteiger partial charge >= 0.3 is 0 Å². The van der Waals surface area contributed by atoms with Gasteiger partial charge in [0.1, 0.15) is 0 Å². The Labute approximate surface area is 108 Å². The third-order valence-corrected chi connectivity index (χ3v) is 3.73. The number of nitrogens with one attached hydrogen (secondary N) is 1. The maximum atomic E-state index is 6.04. The van der Waals surface area contributed by atoms with Gasteiger partial charge in [0.25, 0.3) is 0 Å². The molecule has 2 fully saturated rings. The van der Waals surface area contributed by atoms with Crippen LogP contribution < -0.4 is 5.32 Å². The molecule has 0 unspecified atom stereocenters. The molecular formula is C14H20N2O2. The Morgan fingerprint density at radius 2 is 2.33 bits per heavy atom. The molecule has 1 aromatic rings. The number of hydrogen-bond donors (Lipinski definition) is 1. The average Bonchev–Trinajstić information content (AvgIpc) is 2.87. The Hall–Kier alpha value is -0.970. The average molecular weight is 248 g/mol. The second-order valence-corrected chi connectivity index (χ2v) is 5.06. The molecule has 4 nitrogen and oxygen atoms in total. The van der Waals surface area contributed by atoms with Crippen molar-refractivity contribution in [2.75, 3.05) is 13.2 Å². The van der Waals surface area contributed by atoms with Crippen LogP contribution in [0.3, 0.4) is 0 Å². The second kappa shape index (κ2) is 5.78. The maximum absolute atomic E-state index is 6.04. The highest BCUT2D eigenvalue weighted by molar-refractivity contribution is 5.01. The molecule has 98 valence electrons. The molecule has 0 aromatic carbocycles. The van der Waals surface area contributed by atoms with E-state index in [1.54, 1.807) is 6.20 Å². The first-order valence-corrected chi connectivity index (χ1v) is 6.78. The Morgan fingerprint density at radius 3 is 3.22 bits per heavy atom. The lowest BCUT2D eigenvalue weighted by molar-refractivity contribution is -0.0911. The summed E-state index contributed by atoms with van der Waals surface area (Å²) >= 11 is 0. The van der Waals surface area contributed by atoms with E-state index in [2.05, 4.69) is 10.3 Å². The summed E-state index contributed by atoms with van der Waals surface area (Å²) in [7, 11) is 0. The van der Waals surface area contributed by atoms with Crippen molar-refractivity contribution in [3.05, 3.63) is 30.1 Å². The maximum Gasteiger partial charge on any atom is 0.0889 e. The van der Waals surface area contributed by atoms with Crippen LogP contribution >= 0.6 is 0 Å². The van der Waals surface area contributed by atoms with Gasteiger partial charge in [0.2, 0.25) is 0 Å². The van der Waals surface area contributed by atoms with E-state index in [1.807, 2.05) is 18.2 Å². The van der Waals surface area contributed by atoms with Gasteiger partial charge in [-0.2, -0.15) is 0 Å². The van der Waals surface area contributed by atoms with E-state index in [0.717, 1.165) is 25.1 Å². The minimum Gasteiger partial charge on any atom is -0.372 e. The Bertz CT molecular complexity index is 371. The van der Waals surface area contributed by atoms with E-state index in [4.69, 9.17) is 9.47 Å². The summed E-state index contributed by atoms with van der Waals surface area (Å²) in [5.74, 6) is 0. The van der Waals surface area contributed by atoms with Crippen LogP contribution in [0.5, 0.6) is 0 Å². The standard InChI is InChI=1S/C14H20N2O2/c1-2-7-15-11(3-1)9-17-10-12-4-5-13-14(18-12)6-8-16-13/h1-3,7,12-14,16H,4-6,8-10H2/t12-,13-,14-/m1/s1. The van der Waals surface area contributed by atoms with Crippen molar-refractivity contribution in [3.63, 3.8) is 0 Å². The van der Waals surface area contributed by atoms with Crippen molar-refractivity contribution in [2.24, 2.45) is 0 Å². The summed E-state index contributed by atoms with van der Waals surface area (Å²) in [5.41, 5.74) is 0.980. The summed E-state index contributed by atoms with van der Waals surface area (Å²) in [6.45, 7) is 2.35. The van der Waals surface area contributed by atoms with Gasteiger partial charge in [-0.05, 0) is 37.9 Å². The van der Waals surface area contributed by atoms with Crippen molar-refractivity contribution in [3.8, 4) is 0 Å². The fraction of sp³-hybridized carbons (Fsp3) is 0.643. The van der Waals surface area contributed by atoms with Gasteiger partial charge < -0.3 is 14.8 Å². The Balaban J connectivity index is 1.41. The van der Waals surface area contributed by atoms with Crippen LogP contribution in [0.25, 0.3) is 0 Å². The number of ether oxygens (including phenoxy) is 2. The summed E-state index contributed by atoms with van der Waals surface area (Å²) in [5, 5.41) is 3.49. The molecule has 2 aliphatic heterocycles. The van der Waals surface area contributed by atoms with Crippen LogP contribution in [0, 0.1) is 0 Å². The summed E-state index contributed by atoms with van der Waals surface area (Å²) < 4.78 is 11.7. The Kier molecular flexibility index (Phi) is 3.88.